The minimum absolute atomic E-state index is 0.171. The lowest BCUT2D eigenvalue weighted by atomic mass is 9.88. The first kappa shape index (κ1) is 18.6. The topological polar surface area (TPSA) is 60.8 Å². The Morgan fingerprint density at radius 3 is 2.58 bits per heavy atom. The fourth-order valence-corrected chi connectivity index (χ4v) is 3.91. The van der Waals surface area contributed by atoms with Crippen LogP contribution in [0.4, 0.5) is 0 Å². The van der Waals surface area contributed by atoms with Gasteiger partial charge in [0.1, 0.15) is 5.75 Å². The van der Waals surface area contributed by atoms with Crippen molar-refractivity contribution in [2.24, 2.45) is 0 Å². The van der Waals surface area contributed by atoms with Crippen molar-refractivity contribution in [3.63, 3.8) is 0 Å². The van der Waals surface area contributed by atoms with Crippen LogP contribution in [0.3, 0.4) is 0 Å². The quantitative estimate of drug-likeness (QED) is 0.772. The van der Waals surface area contributed by atoms with Crippen LogP contribution in [0.25, 0.3) is 0 Å². The van der Waals surface area contributed by atoms with Gasteiger partial charge in [-0.25, -0.2) is 0 Å². The van der Waals surface area contributed by atoms with Gasteiger partial charge in [-0.05, 0) is 44.0 Å². The van der Waals surface area contributed by atoms with E-state index in [1.165, 1.54) is 0 Å². The number of Topliss-reactive ketones (excluding diaryl/α,β-unsaturated/α-hetero) is 1. The maximum atomic E-state index is 12.5. The Morgan fingerprint density at radius 1 is 1.12 bits per heavy atom. The molecular weight excluding hydrogens is 326 g/mol. The molecule has 0 spiro atoms. The van der Waals surface area contributed by atoms with E-state index in [4.69, 9.17) is 0 Å². The van der Waals surface area contributed by atoms with Crippen LogP contribution in [0.2, 0.25) is 0 Å². The van der Waals surface area contributed by atoms with E-state index < -0.39 is 6.10 Å². The molecular formula is C22H27NO3. The van der Waals surface area contributed by atoms with E-state index in [9.17, 15) is 15.0 Å². The number of benzene rings is 2. The molecule has 3 rings (SSSR count). The molecule has 1 fully saturated rings. The molecule has 2 aromatic rings. The number of hydrogen-bond donors (Lipinski definition) is 2. The predicted molar refractivity (Wildman–Crippen MR) is 102 cm³/mol. The number of rotatable bonds is 6. The molecule has 0 saturated carbocycles. The summed E-state index contributed by atoms with van der Waals surface area (Å²) < 4.78 is 0. The van der Waals surface area contributed by atoms with Gasteiger partial charge in [-0.15, -0.1) is 0 Å². The average molecular weight is 353 g/mol. The molecule has 4 heteroatoms. The van der Waals surface area contributed by atoms with Crippen molar-refractivity contribution in [1.29, 1.82) is 0 Å². The van der Waals surface area contributed by atoms with Gasteiger partial charge in [-0.2, -0.15) is 0 Å². The van der Waals surface area contributed by atoms with E-state index in [2.05, 4.69) is 11.9 Å². The lowest BCUT2D eigenvalue weighted by Gasteiger charge is -2.40. The van der Waals surface area contributed by atoms with Gasteiger partial charge < -0.3 is 10.2 Å². The van der Waals surface area contributed by atoms with Crippen molar-refractivity contribution in [3.05, 3.63) is 65.7 Å². The average Bonchev–Trinajstić information content (AvgIpc) is 2.65. The molecule has 2 aromatic carbocycles. The summed E-state index contributed by atoms with van der Waals surface area (Å²) in [6.07, 6.45) is 3.60. The molecule has 1 heterocycles. The number of nitrogens with zero attached hydrogens (tertiary/aromatic N) is 1. The highest BCUT2D eigenvalue weighted by molar-refractivity contribution is 5.96. The van der Waals surface area contributed by atoms with Gasteiger partial charge in [0.15, 0.2) is 5.78 Å². The van der Waals surface area contributed by atoms with Crippen LogP contribution in [0.15, 0.2) is 54.6 Å². The lowest BCUT2D eigenvalue weighted by molar-refractivity contribution is 0.0548. The third kappa shape index (κ3) is 4.51. The van der Waals surface area contributed by atoms with Crippen LogP contribution in [0, 0.1) is 0 Å². The number of carbonyl (C=O) groups excluding carboxylic acids is 1. The van der Waals surface area contributed by atoms with Crippen LogP contribution < -0.4 is 0 Å². The highest BCUT2D eigenvalue weighted by atomic mass is 16.3. The fourth-order valence-electron chi connectivity index (χ4n) is 3.91. The monoisotopic (exact) mass is 353 g/mol. The third-order valence-corrected chi connectivity index (χ3v) is 5.49. The molecule has 0 aromatic heterocycles. The van der Waals surface area contributed by atoms with Crippen molar-refractivity contribution in [2.75, 3.05) is 7.05 Å². The number of ketones is 1. The van der Waals surface area contributed by atoms with E-state index >= 15 is 0 Å². The maximum absolute atomic E-state index is 12.5. The van der Waals surface area contributed by atoms with Gasteiger partial charge >= 0.3 is 0 Å². The zero-order valence-corrected chi connectivity index (χ0v) is 15.2. The zero-order valence-electron chi connectivity index (χ0n) is 15.2. The molecule has 0 aliphatic carbocycles. The molecule has 1 aliphatic heterocycles. The Morgan fingerprint density at radius 2 is 1.85 bits per heavy atom. The van der Waals surface area contributed by atoms with Crippen molar-refractivity contribution < 1.29 is 15.0 Å². The van der Waals surface area contributed by atoms with Crippen molar-refractivity contribution >= 4 is 5.78 Å². The summed E-state index contributed by atoms with van der Waals surface area (Å²) in [5.41, 5.74) is 1.50. The van der Waals surface area contributed by atoms with Crippen molar-refractivity contribution in [1.82, 2.24) is 4.90 Å². The van der Waals surface area contributed by atoms with E-state index in [-0.39, 0.29) is 23.6 Å². The van der Waals surface area contributed by atoms with Crippen LogP contribution in [0.1, 0.15) is 54.1 Å². The molecule has 3 atom stereocenters. The molecule has 26 heavy (non-hydrogen) atoms. The Bertz CT molecular complexity index is 731. The Balaban J connectivity index is 1.62. The number of aromatic hydroxyl groups is 1. The number of phenols is 1. The molecule has 1 saturated heterocycles. The fraction of sp³-hybridized carbons (Fsp3) is 0.409. The van der Waals surface area contributed by atoms with Crippen LogP contribution in [0.5, 0.6) is 5.75 Å². The molecule has 138 valence electrons. The van der Waals surface area contributed by atoms with Gasteiger partial charge in [-0.1, -0.05) is 48.9 Å². The molecule has 0 radical (unpaired) electrons. The van der Waals surface area contributed by atoms with Crippen molar-refractivity contribution in [2.45, 2.75) is 50.3 Å². The normalized spacial score (nSPS) is 22.1. The minimum Gasteiger partial charge on any atom is -0.508 e. The van der Waals surface area contributed by atoms with Crippen LogP contribution >= 0.6 is 0 Å². The van der Waals surface area contributed by atoms with E-state index in [0.717, 1.165) is 30.4 Å². The molecule has 4 nitrogen and oxygen atoms in total. The predicted octanol–water partition coefficient (Wildman–Crippen LogP) is 3.94. The first-order valence-electron chi connectivity index (χ1n) is 9.32. The number of carbonyl (C=O) groups is 1. The smallest absolute Gasteiger partial charge is 0.164 e. The van der Waals surface area contributed by atoms with E-state index in [0.29, 0.717) is 12.8 Å². The summed E-state index contributed by atoms with van der Waals surface area (Å²) in [4.78, 5) is 14.8. The number of piperidine rings is 1. The number of likely N-dealkylation sites (tertiary alicyclic amines) is 1. The van der Waals surface area contributed by atoms with Gasteiger partial charge in [0.2, 0.25) is 0 Å². The van der Waals surface area contributed by atoms with E-state index in [1.54, 1.807) is 18.2 Å². The highest BCUT2D eigenvalue weighted by Crippen LogP contribution is 2.31. The molecule has 2 N–H and O–H groups in total. The van der Waals surface area contributed by atoms with Crippen LogP contribution in [-0.2, 0) is 0 Å². The largest absolute Gasteiger partial charge is 0.508 e. The van der Waals surface area contributed by atoms with Gasteiger partial charge in [0, 0.05) is 24.1 Å². The summed E-state index contributed by atoms with van der Waals surface area (Å²) in [5.74, 6) is 0.349. The second-order valence-corrected chi connectivity index (χ2v) is 7.24. The summed E-state index contributed by atoms with van der Waals surface area (Å²) in [5, 5.41) is 20.2. The molecule has 3 unspecified atom stereocenters. The lowest BCUT2D eigenvalue weighted by Crippen LogP contribution is -2.45. The standard InChI is InChI=1S/C22H27NO3/c1-23-18(14-21(25)16-7-3-2-4-8-16)10-6-11-19(23)15-22(26)17-9-5-12-20(24)13-17/h2-5,7-9,12-13,18-19,22,24,26H,6,10-11,14-15H2,1H3. The number of phenolic OH excluding ortho intramolecular Hbond substituents is 1. The second-order valence-electron chi connectivity index (χ2n) is 7.24. The Hall–Kier alpha value is -2.17. The maximum Gasteiger partial charge on any atom is 0.164 e. The Kier molecular flexibility index (Phi) is 6.07. The summed E-state index contributed by atoms with van der Waals surface area (Å²) in [7, 11) is 2.06. The van der Waals surface area contributed by atoms with Gasteiger partial charge in [-0.3, -0.25) is 9.69 Å². The minimum atomic E-state index is -0.613. The SMILES string of the molecule is CN1C(CC(=O)c2ccccc2)CCCC1CC(O)c1cccc(O)c1. The summed E-state index contributed by atoms with van der Waals surface area (Å²) in [6, 6.07) is 16.7. The molecule has 0 bridgehead atoms. The highest BCUT2D eigenvalue weighted by Gasteiger charge is 2.30. The van der Waals surface area contributed by atoms with Gasteiger partial charge in [0.25, 0.3) is 0 Å². The second kappa shape index (κ2) is 8.47. The number of aliphatic hydroxyl groups is 1. The van der Waals surface area contributed by atoms with Gasteiger partial charge in [0.05, 0.1) is 6.10 Å². The Labute approximate surface area is 155 Å². The third-order valence-electron chi connectivity index (χ3n) is 5.49. The summed E-state index contributed by atoms with van der Waals surface area (Å²) in [6.45, 7) is 0. The first-order valence-corrected chi connectivity index (χ1v) is 9.32. The summed E-state index contributed by atoms with van der Waals surface area (Å²) >= 11 is 0. The van der Waals surface area contributed by atoms with E-state index in [1.807, 2.05) is 36.4 Å². The zero-order chi connectivity index (χ0) is 18.5. The number of aliphatic hydroxyl groups excluding tert-OH is 1. The molecule has 0 amide bonds. The van der Waals surface area contributed by atoms with Crippen molar-refractivity contribution in [3.8, 4) is 5.75 Å². The van der Waals surface area contributed by atoms with Crippen LogP contribution in [-0.4, -0.2) is 40.0 Å². The molecule has 1 aliphatic rings. The first-order chi connectivity index (χ1) is 12.5. The number of hydrogen-bond acceptors (Lipinski definition) is 4.